The van der Waals surface area contributed by atoms with Gasteiger partial charge in [0, 0.05) is 43.9 Å². The van der Waals surface area contributed by atoms with Crippen LogP contribution in [0.1, 0.15) is 0 Å². The van der Waals surface area contributed by atoms with Crippen molar-refractivity contribution in [2.45, 2.75) is 0 Å². The number of nitrogens with zero attached hydrogens (tertiary/aromatic N) is 4. The van der Waals surface area contributed by atoms with Crippen LogP contribution in [0.2, 0.25) is 0 Å². The molecular formula is C55H34N4O. The molecule has 0 unspecified atom stereocenters. The van der Waals surface area contributed by atoms with E-state index in [0.29, 0.717) is 17.5 Å². The summed E-state index contributed by atoms with van der Waals surface area (Å²) in [5.41, 5.74) is 12.3. The maximum atomic E-state index is 6.31. The van der Waals surface area contributed by atoms with Gasteiger partial charge >= 0.3 is 0 Å². The zero-order valence-electron chi connectivity index (χ0n) is 32.3. The molecule has 0 atom stereocenters. The largest absolute Gasteiger partial charge is 0.456 e. The van der Waals surface area contributed by atoms with Crippen LogP contribution in [0.3, 0.4) is 0 Å². The summed E-state index contributed by atoms with van der Waals surface area (Å²) in [6, 6.07) is 72.3. The van der Waals surface area contributed by atoms with Crippen molar-refractivity contribution >= 4 is 54.5 Å². The van der Waals surface area contributed by atoms with Crippen LogP contribution in [0, 0.1) is 0 Å². The Morgan fingerprint density at radius 3 is 1.82 bits per heavy atom. The minimum absolute atomic E-state index is 0.590. The van der Waals surface area contributed by atoms with Crippen LogP contribution >= 0.6 is 0 Å². The van der Waals surface area contributed by atoms with Crippen LogP contribution in [0.15, 0.2) is 211 Å². The zero-order valence-corrected chi connectivity index (χ0v) is 32.3. The Morgan fingerprint density at radius 2 is 0.950 bits per heavy atom. The zero-order chi connectivity index (χ0) is 39.6. The Kier molecular flexibility index (Phi) is 7.78. The van der Waals surface area contributed by atoms with Gasteiger partial charge in [0.05, 0.1) is 11.0 Å². The number of fused-ring (bicyclic) bond motifs is 7. The standard InChI is InChI=1S/C55H34N4O/c1-2-13-35(14-3-1)39-29-32-44-43-18-8-10-22-48(43)59(49(44)34-39)41-30-27-37(28-31-41)42-17-6-7-19-45(42)54-56-53(40-26-25-36-15-4-5-16-38(36)33-40)57-55(58-54)47-21-12-24-51-52(47)46-20-9-11-23-50(46)60-51/h1-34H. The second-order valence-electron chi connectivity index (χ2n) is 15.2. The summed E-state index contributed by atoms with van der Waals surface area (Å²) in [7, 11) is 0. The van der Waals surface area contributed by atoms with Crippen molar-refractivity contribution in [3.05, 3.63) is 206 Å². The molecule has 0 spiro atoms. The predicted molar refractivity (Wildman–Crippen MR) is 246 cm³/mol. The number of para-hydroxylation sites is 2. The first-order valence-electron chi connectivity index (χ1n) is 20.2. The highest BCUT2D eigenvalue weighted by Gasteiger charge is 2.20. The van der Waals surface area contributed by atoms with Gasteiger partial charge in [0.1, 0.15) is 11.2 Å². The molecule has 9 aromatic carbocycles. The molecule has 12 aromatic rings. The maximum absolute atomic E-state index is 6.31. The van der Waals surface area contributed by atoms with Gasteiger partial charge in [-0.05, 0) is 75.5 Å². The first-order chi connectivity index (χ1) is 29.7. The normalized spacial score (nSPS) is 11.7. The molecule has 0 saturated heterocycles. The molecular weight excluding hydrogens is 733 g/mol. The van der Waals surface area contributed by atoms with Crippen molar-refractivity contribution in [3.8, 4) is 62.1 Å². The Hall–Kier alpha value is -8.15. The van der Waals surface area contributed by atoms with E-state index in [9.17, 15) is 0 Å². The number of rotatable bonds is 6. The van der Waals surface area contributed by atoms with Gasteiger partial charge in [-0.1, -0.05) is 164 Å². The summed E-state index contributed by atoms with van der Waals surface area (Å²) in [6.45, 7) is 0. The van der Waals surface area contributed by atoms with E-state index >= 15 is 0 Å². The van der Waals surface area contributed by atoms with Gasteiger partial charge < -0.3 is 8.98 Å². The van der Waals surface area contributed by atoms with Gasteiger partial charge in [0.15, 0.2) is 17.5 Å². The fourth-order valence-electron chi connectivity index (χ4n) is 8.81. The monoisotopic (exact) mass is 766 g/mol. The molecule has 0 N–H and O–H groups in total. The van der Waals surface area contributed by atoms with Gasteiger partial charge in [-0.3, -0.25) is 0 Å². The number of benzene rings is 9. The lowest BCUT2D eigenvalue weighted by molar-refractivity contribution is 0.669. The molecule has 0 aliphatic rings. The lowest BCUT2D eigenvalue weighted by Crippen LogP contribution is -2.01. The van der Waals surface area contributed by atoms with E-state index in [2.05, 4.69) is 180 Å². The van der Waals surface area contributed by atoms with Crippen molar-refractivity contribution in [2.75, 3.05) is 0 Å². The summed E-state index contributed by atoms with van der Waals surface area (Å²) >= 11 is 0. The van der Waals surface area contributed by atoms with Crippen molar-refractivity contribution in [3.63, 3.8) is 0 Å². The molecule has 280 valence electrons. The highest BCUT2D eigenvalue weighted by Crippen LogP contribution is 2.39. The van der Waals surface area contributed by atoms with E-state index in [4.69, 9.17) is 19.4 Å². The lowest BCUT2D eigenvalue weighted by atomic mass is 9.98. The summed E-state index contributed by atoms with van der Waals surface area (Å²) in [5.74, 6) is 1.80. The molecule has 0 fully saturated rings. The van der Waals surface area contributed by atoms with E-state index in [1.807, 2.05) is 30.3 Å². The second-order valence-corrected chi connectivity index (χ2v) is 15.2. The van der Waals surface area contributed by atoms with Gasteiger partial charge in [0.2, 0.25) is 0 Å². The molecule has 5 heteroatoms. The van der Waals surface area contributed by atoms with Crippen molar-refractivity contribution < 1.29 is 4.42 Å². The fourth-order valence-corrected chi connectivity index (χ4v) is 8.81. The maximum Gasteiger partial charge on any atom is 0.164 e. The minimum Gasteiger partial charge on any atom is -0.456 e. The molecule has 5 nitrogen and oxygen atoms in total. The van der Waals surface area contributed by atoms with Crippen molar-refractivity contribution in [1.29, 1.82) is 0 Å². The Balaban J connectivity index is 1.02. The van der Waals surface area contributed by atoms with Crippen LogP contribution in [0.5, 0.6) is 0 Å². The lowest BCUT2D eigenvalue weighted by Gasteiger charge is -2.14. The van der Waals surface area contributed by atoms with Crippen LogP contribution in [-0.4, -0.2) is 19.5 Å². The Labute approximate surface area is 345 Å². The topological polar surface area (TPSA) is 56.7 Å². The molecule has 3 heterocycles. The Morgan fingerprint density at radius 1 is 0.333 bits per heavy atom. The van der Waals surface area contributed by atoms with Crippen molar-refractivity contribution in [1.82, 2.24) is 19.5 Å². The SMILES string of the molecule is c1ccc(-c2ccc3c4ccccc4n(-c4ccc(-c5ccccc5-c5nc(-c6ccc7ccccc7c6)nc(-c6cccc7oc8ccccc8c67)n5)cc4)c3c2)cc1. The third kappa shape index (κ3) is 5.59. The molecule has 0 saturated carbocycles. The second kappa shape index (κ2) is 13.8. The summed E-state index contributed by atoms with van der Waals surface area (Å²) in [6.07, 6.45) is 0. The minimum atomic E-state index is 0.590. The summed E-state index contributed by atoms with van der Waals surface area (Å²) < 4.78 is 8.68. The van der Waals surface area contributed by atoms with E-state index < -0.39 is 0 Å². The van der Waals surface area contributed by atoms with Crippen LogP contribution < -0.4 is 0 Å². The average molecular weight is 767 g/mol. The Bertz CT molecular complexity index is 3600. The van der Waals surface area contributed by atoms with Crippen molar-refractivity contribution in [2.24, 2.45) is 0 Å². The van der Waals surface area contributed by atoms with Gasteiger partial charge in [-0.25, -0.2) is 15.0 Å². The molecule has 12 rings (SSSR count). The summed E-state index contributed by atoms with van der Waals surface area (Å²) in [4.78, 5) is 15.7. The number of aromatic nitrogens is 4. The first kappa shape index (κ1) is 33.9. The van der Waals surface area contributed by atoms with E-state index in [1.54, 1.807) is 0 Å². The van der Waals surface area contributed by atoms with Gasteiger partial charge in [-0.2, -0.15) is 0 Å². The smallest absolute Gasteiger partial charge is 0.164 e. The molecule has 0 aliphatic heterocycles. The molecule has 3 aromatic heterocycles. The van der Waals surface area contributed by atoms with Crippen LogP contribution in [0.25, 0.3) is 117 Å². The highest BCUT2D eigenvalue weighted by molar-refractivity contribution is 6.12. The number of hydrogen-bond acceptors (Lipinski definition) is 4. The number of furan rings is 1. The predicted octanol–water partition coefficient (Wildman–Crippen LogP) is 14.4. The van der Waals surface area contributed by atoms with E-state index in [-0.39, 0.29) is 0 Å². The quantitative estimate of drug-likeness (QED) is 0.169. The molecule has 0 radical (unpaired) electrons. The molecule has 60 heavy (non-hydrogen) atoms. The van der Waals surface area contributed by atoms with Crippen LogP contribution in [0.4, 0.5) is 0 Å². The first-order valence-corrected chi connectivity index (χ1v) is 20.2. The highest BCUT2D eigenvalue weighted by atomic mass is 16.3. The summed E-state index contributed by atoms with van der Waals surface area (Å²) in [5, 5.41) is 6.76. The van der Waals surface area contributed by atoms with Crippen LogP contribution in [-0.2, 0) is 0 Å². The number of hydrogen-bond donors (Lipinski definition) is 0. The molecule has 0 amide bonds. The molecule has 0 aliphatic carbocycles. The third-order valence-electron chi connectivity index (χ3n) is 11.7. The fraction of sp³-hybridized carbons (Fsp3) is 0. The third-order valence-corrected chi connectivity index (χ3v) is 11.7. The van der Waals surface area contributed by atoms with Gasteiger partial charge in [-0.15, -0.1) is 0 Å². The average Bonchev–Trinajstić information content (AvgIpc) is 3.87. The molecule has 0 bridgehead atoms. The van der Waals surface area contributed by atoms with Gasteiger partial charge in [0.25, 0.3) is 0 Å². The van der Waals surface area contributed by atoms with E-state index in [0.717, 1.165) is 66.2 Å². The van der Waals surface area contributed by atoms with E-state index in [1.165, 1.54) is 32.9 Å².